The lowest BCUT2D eigenvalue weighted by atomic mass is 10.2. The molecule has 0 atom stereocenters. The van der Waals surface area contributed by atoms with Crippen molar-refractivity contribution in [2.45, 2.75) is 26.8 Å². The molecule has 0 aliphatic carbocycles. The topological polar surface area (TPSA) is 67.6 Å². The summed E-state index contributed by atoms with van der Waals surface area (Å²) in [5.41, 5.74) is 3.25. The number of hydrogen-bond donors (Lipinski definition) is 0. The van der Waals surface area contributed by atoms with E-state index in [-0.39, 0.29) is 0 Å². The number of aromatic nitrogens is 3. The van der Waals surface area contributed by atoms with Gasteiger partial charge in [0, 0.05) is 6.54 Å². The first-order valence-electron chi connectivity index (χ1n) is 6.55. The predicted octanol–water partition coefficient (Wildman–Crippen LogP) is 3.28. The van der Waals surface area contributed by atoms with E-state index in [9.17, 15) is 0 Å². The molecule has 0 spiro atoms. The van der Waals surface area contributed by atoms with Crippen molar-refractivity contribution in [3.8, 4) is 17.7 Å². The molecule has 0 unspecified atom stereocenters. The number of hydrogen-bond acceptors (Lipinski definition) is 4. The maximum absolute atomic E-state index is 8.99. The normalized spacial score (nSPS) is 10.8. The molecule has 2 heterocycles. The van der Waals surface area contributed by atoms with Crippen molar-refractivity contribution in [2.24, 2.45) is 0 Å². The van der Waals surface area contributed by atoms with Gasteiger partial charge in [0.05, 0.1) is 28.4 Å². The van der Waals surface area contributed by atoms with E-state index >= 15 is 0 Å². The molecule has 0 bridgehead atoms. The lowest BCUT2D eigenvalue weighted by Crippen LogP contribution is -1.99. The minimum absolute atomic E-state index is 0.611. The van der Waals surface area contributed by atoms with Gasteiger partial charge in [-0.05, 0) is 31.5 Å². The molecule has 5 nitrogen and oxygen atoms in total. The van der Waals surface area contributed by atoms with Crippen LogP contribution in [0.3, 0.4) is 0 Å². The highest BCUT2D eigenvalue weighted by Crippen LogP contribution is 2.27. The first kappa shape index (κ1) is 12.4. The van der Waals surface area contributed by atoms with Crippen LogP contribution in [0, 0.1) is 18.3 Å². The molecular weight excluding hydrogens is 252 g/mol. The Hall–Kier alpha value is -2.61. The number of benzene rings is 1. The van der Waals surface area contributed by atoms with Gasteiger partial charge in [-0.25, -0.2) is 9.97 Å². The van der Waals surface area contributed by atoms with Crippen molar-refractivity contribution in [1.29, 1.82) is 5.26 Å². The largest absolute Gasteiger partial charge is 0.440 e. The molecule has 5 heteroatoms. The zero-order valence-corrected chi connectivity index (χ0v) is 11.4. The van der Waals surface area contributed by atoms with Gasteiger partial charge in [-0.2, -0.15) is 5.26 Å². The van der Waals surface area contributed by atoms with Gasteiger partial charge < -0.3 is 8.98 Å². The van der Waals surface area contributed by atoms with Gasteiger partial charge in [0.15, 0.2) is 18.0 Å². The summed E-state index contributed by atoms with van der Waals surface area (Å²) < 4.78 is 7.58. The van der Waals surface area contributed by atoms with Crippen LogP contribution in [-0.4, -0.2) is 14.5 Å². The Morgan fingerprint density at radius 3 is 2.90 bits per heavy atom. The summed E-state index contributed by atoms with van der Waals surface area (Å²) in [5.74, 6) is 1.46. The van der Waals surface area contributed by atoms with E-state index in [0.717, 1.165) is 35.5 Å². The highest BCUT2D eigenvalue weighted by molar-refractivity contribution is 5.81. The Kier molecular flexibility index (Phi) is 2.99. The summed E-state index contributed by atoms with van der Waals surface area (Å²) in [6, 6.07) is 7.69. The lowest BCUT2D eigenvalue weighted by Gasteiger charge is -2.05. The molecule has 0 N–H and O–H groups in total. The van der Waals surface area contributed by atoms with E-state index in [1.54, 1.807) is 6.07 Å². The zero-order valence-electron chi connectivity index (χ0n) is 11.4. The Balaban J connectivity index is 2.28. The molecule has 0 aliphatic heterocycles. The number of fused-ring (bicyclic) bond motifs is 1. The third-order valence-corrected chi connectivity index (χ3v) is 3.27. The fraction of sp³-hybridized carbons (Fsp3) is 0.267. The van der Waals surface area contributed by atoms with Crippen LogP contribution < -0.4 is 0 Å². The predicted molar refractivity (Wildman–Crippen MR) is 75.0 cm³/mol. The Morgan fingerprint density at radius 1 is 1.40 bits per heavy atom. The van der Waals surface area contributed by atoms with E-state index in [0.29, 0.717) is 11.3 Å². The molecule has 0 fully saturated rings. The molecule has 0 saturated heterocycles. The van der Waals surface area contributed by atoms with Gasteiger partial charge in [0.2, 0.25) is 0 Å². The minimum Gasteiger partial charge on any atom is -0.440 e. The van der Waals surface area contributed by atoms with Crippen LogP contribution in [0.5, 0.6) is 0 Å². The zero-order chi connectivity index (χ0) is 14.1. The second-order valence-electron chi connectivity index (χ2n) is 4.67. The molecule has 100 valence electrons. The maximum atomic E-state index is 8.99. The van der Waals surface area contributed by atoms with Gasteiger partial charge >= 0.3 is 0 Å². The van der Waals surface area contributed by atoms with Crippen LogP contribution in [0.2, 0.25) is 0 Å². The molecule has 20 heavy (non-hydrogen) atoms. The van der Waals surface area contributed by atoms with Crippen molar-refractivity contribution < 1.29 is 4.42 Å². The molecule has 0 aliphatic rings. The van der Waals surface area contributed by atoms with Crippen molar-refractivity contribution in [3.63, 3.8) is 0 Å². The number of oxazole rings is 1. The Bertz CT molecular complexity index is 807. The number of aryl methyl sites for hydroxylation is 2. The fourth-order valence-corrected chi connectivity index (χ4v) is 2.34. The van der Waals surface area contributed by atoms with Gasteiger partial charge in [0.1, 0.15) is 0 Å². The van der Waals surface area contributed by atoms with E-state index in [1.165, 1.54) is 6.39 Å². The second-order valence-corrected chi connectivity index (χ2v) is 4.67. The fourth-order valence-electron chi connectivity index (χ4n) is 2.34. The molecule has 2 aromatic heterocycles. The van der Waals surface area contributed by atoms with Crippen LogP contribution in [0.25, 0.3) is 22.6 Å². The van der Waals surface area contributed by atoms with Crippen molar-refractivity contribution in [3.05, 3.63) is 35.9 Å². The summed E-state index contributed by atoms with van der Waals surface area (Å²) in [6.07, 6.45) is 2.42. The average molecular weight is 266 g/mol. The van der Waals surface area contributed by atoms with E-state index in [2.05, 4.69) is 27.5 Å². The summed E-state index contributed by atoms with van der Waals surface area (Å²) >= 11 is 0. The van der Waals surface area contributed by atoms with Crippen LogP contribution in [0.4, 0.5) is 0 Å². The molecule has 0 amide bonds. The summed E-state index contributed by atoms with van der Waals surface area (Å²) in [6.45, 7) is 4.86. The SMILES string of the molecule is CCCn1c(-c2ocnc2C)nc2cc(C#N)ccc21. The molecule has 1 aromatic carbocycles. The van der Waals surface area contributed by atoms with Crippen LogP contribution >= 0.6 is 0 Å². The lowest BCUT2D eigenvalue weighted by molar-refractivity contribution is 0.559. The van der Waals surface area contributed by atoms with Gasteiger partial charge in [-0.1, -0.05) is 6.92 Å². The molecule has 3 aromatic rings. The average Bonchev–Trinajstić information content (AvgIpc) is 3.02. The summed E-state index contributed by atoms with van der Waals surface area (Å²) in [5, 5.41) is 8.99. The monoisotopic (exact) mass is 266 g/mol. The smallest absolute Gasteiger partial charge is 0.192 e. The van der Waals surface area contributed by atoms with E-state index < -0.39 is 0 Å². The number of rotatable bonds is 3. The molecular formula is C15H14N4O. The van der Waals surface area contributed by atoms with Crippen LogP contribution in [0.15, 0.2) is 29.0 Å². The first-order chi connectivity index (χ1) is 9.74. The van der Waals surface area contributed by atoms with Crippen molar-refractivity contribution in [1.82, 2.24) is 14.5 Å². The summed E-state index contributed by atoms with van der Waals surface area (Å²) in [4.78, 5) is 8.75. The van der Waals surface area contributed by atoms with Crippen LogP contribution in [-0.2, 0) is 6.54 Å². The van der Waals surface area contributed by atoms with E-state index in [4.69, 9.17) is 9.68 Å². The minimum atomic E-state index is 0.611. The maximum Gasteiger partial charge on any atom is 0.192 e. The van der Waals surface area contributed by atoms with Crippen LogP contribution in [0.1, 0.15) is 24.6 Å². The van der Waals surface area contributed by atoms with Gasteiger partial charge in [-0.15, -0.1) is 0 Å². The first-order valence-corrected chi connectivity index (χ1v) is 6.55. The highest BCUT2D eigenvalue weighted by atomic mass is 16.3. The van der Waals surface area contributed by atoms with Gasteiger partial charge in [-0.3, -0.25) is 0 Å². The van der Waals surface area contributed by atoms with E-state index in [1.807, 2.05) is 19.1 Å². The molecule has 3 rings (SSSR count). The van der Waals surface area contributed by atoms with Crippen molar-refractivity contribution in [2.75, 3.05) is 0 Å². The summed E-state index contributed by atoms with van der Waals surface area (Å²) in [7, 11) is 0. The third kappa shape index (κ3) is 1.86. The number of imidazole rings is 1. The standard InChI is InChI=1S/C15H14N4O/c1-3-6-19-13-5-4-11(8-16)7-12(13)18-15(19)14-10(2)17-9-20-14/h4-5,7,9H,3,6H2,1-2H3. The molecule has 0 radical (unpaired) electrons. The number of nitrogens with zero attached hydrogens (tertiary/aromatic N) is 4. The Labute approximate surface area is 116 Å². The molecule has 0 saturated carbocycles. The highest BCUT2D eigenvalue weighted by Gasteiger charge is 2.17. The number of nitriles is 1. The Morgan fingerprint density at radius 2 is 2.25 bits per heavy atom. The van der Waals surface area contributed by atoms with Crippen molar-refractivity contribution >= 4 is 11.0 Å². The van der Waals surface area contributed by atoms with Gasteiger partial charge in [0.25, 0.3) is 0 Å². The second kappa shape index (κ2) is 4.82. The third-order valence-electron chi connectivity index (χ3n) is 3.27. The quantitative estimate of drug-likeness (QED) is 0.729.